The maximum absolute atomic E-state index is 5.51. The summed E-state index contributed by atoms with van der Waals surface area (Å²) in [5, 5.41) is 0. The van der Waals surface area contributed by atoms with E-state index in [1.165, 1.54) is 42.6 Å². The third-order valence-electron chi connectivity index (χ3n) is 2.52. The predicted octanol–water partition coefficient (Wildman–Crippen LogP) is 4.75. The Balaban J connectivity index is 0.000000567. The molecule has 1 heterocycles. The van der Waals surface area contributed by atoms with Gasteiger partial charge in [0.05, 0.1) is 0 Å². The molecule has 0 N–H and O–H groups in total. The summed E-state index contributed by atoms with van der Waals surface area (Å²) in [6, 6.07) is 2.13. The van der Waals surface area contributed by atoms with E-state index in [1.807, 2.05) is 0 Å². The fraction of sp³-hybridized carbons (Fsp3) is 0.667. The van der Waals surface area contributed by atoms with Crippen molar-refractivity contribution < 1.29 is 43.1 Å². The van der Waals surface area contributed by atoms with Gasteiger partial charge in [-0.15, -0.1) is 0 Å². The molecule has 0 aliphatic rings. The third kappa shape index (κ3) is 8.56. The fourth-order valence-electron chi connectivity index (χ4n) is 1.19. The molecule has 1 rings (SSSR count). The average Bonchev–Trinajstić information content (AvgIpc) is 2.75. The monoisotopic (exact) mass is 628 g/mol. The second-order valence-corrected chi connectivity index (χ2v) is 10.5. The summed E-state index contributed by atoms with van der Waals surface area (Å²) in [7, 11) is 0. The van der Waals surface area contributed by atoms with Gasteiger partial charge in [-0.05, 0) is 0 Å². The first-order valence-corrected chi connectivity index (χ1v) is 10.1. The number of hydrogen-bond acceptors (Lipinski definition) is 1. The molecule has 0 spiro atoms. The van der Waals surface area contributed by atoms with Gasteiger partial charge in [0.1, 0.15) is 0 Å². The molecular weight excluding hydrogens is 600 g/mol. The van der Waals surface area contributed by atoms with Crippen LogP contribution in [0, 0.1) is 17.1 Å². The van der Waals surface area contributed by atoms with Crippen LogP contribution in [0.5, 0.6) is 0 Å². The molecule has 1 aromatic heterocycles. The first kappa shape index (κ1) is 21.4. The van der Waals surface area contributed by atoms with Crippen LogP contribution >= 0.6 is 0 Å². The van der Waals surface area contributed by atoms with Crippen LogP contribution in [0.2, 0.25) is 0 Å². The van der Waals surface area contributed by atoms with E-state index in [9.17, 15) is 0 Å². The molecule has 1 nitrogen and oxygen atoms in total. The van der Waals surface area contributed by atoms with Gasteiger partial charge in [0, 0.05) is 0 Å². The van der Waals surface area contributed by atoms with Crippen LogP contribution in [0.1, 0.15) is 73.6 Å². The molecule has 0 aromatic carbocycles. The Hall–Kier alpha value is 0.397. The third-order valence-corrected chi connectivity index (χ3v) is 7.71. The van der Waals surface area contributed by atoms with E-state index < -0.39 is 0 Å². The van der Waals surface area contributed by atoms with Gasteiger partial charge in [0.2, 0.25) is 0 Å². The van der Waals surface area contributed by atoms with E-state index in [-0.39, 0.29) is 10.8 Å². The molecule has 3 heteroatoms. The van der Waals surface area contributed by atoms with Crippen LogP contribution in [0.15, 0.2) is 10.5 Å². The molecule has 0 radical (unpaired) electrons. The van der Waals surface area contributed by atoms with E-state index in [1.54, 1.807) is 0 Å². The summed E-state index contributed by atoms with van der Waals surface area (Å²) >= 11 is 2.94. The quantitative estimate of drug-likeness (QED) is 0.410. The molecule has 0 fully saturated rings. The van der Waals surface area contributed by atoms with Gasteiger partial charge >= 0.3 is 154 Å². The molecule has 0 aliphatic heterocycles. The molecule has 0 saturated carbocycles. The van der Waals surface area contributed by atoms with Crippen molar-refractivity contribution in [1.29, 1.82) is 0 Å². The Morgan fingerprint density at radius 3 is 1.71 bits per heavy atom. The number of rotatable bonds is 1. The Kier molecular flexibility index (Phi) is 7.93. The van der Waals surface area contributed by atoms with Gasteiger partial charge in [-0.2, -0.15) is 0 Å². The second kappa shape index (κ2) is 7.78. The summed E-state index contributed by atoms with van der Waals surface area (Å²) in [5.41, 5.74) is 1.75. The zero-order valence-electron chi connectivity index (χ0n) is 14.8. The molecule has 0 bridgehead atoms. The summed E-state index contributed by atoms with van der Waals surface area (Å²) in [5.74, 6) is 1.01. The van der Waals surface area contributed by atoms with E-state index >= 15 is 0 Å². The van der Waals surface area contributed by atoms with E-state index in [4.69, 9.17) is 4.42 Å². The Morgan fingerprint density at radius 1 is 1.05 bits per heavy atom. The molecule has 0 unspecified atom stereocenters. The summed E-state index contributed by atoms with van der Waals surface area (Å²) in [6.07, 6.45) is 3.03. The standard InChI is InChI=1S/C13H19O.C5H9.2W/c1-12(2,3)8-10-7-11(14-9-10)13(4,5)6;1-5(2,3)4;;/h7H,1-6H3;1-3H3;;/q2*-1;;. The molecule has 120 valence electrons. The van der Waals surface area contributed by atoms with Crippen molar-refractivity contribution in [3.8, 4) is 0 Å². The van der Waals surface area contributed by atoms with Crippen molar-refractivity contribution in [2.45, 2.75) is 67.7 Å². The van der Waals surface area contributed by atoms with Gasteiger partial charge in [0.15, 0.2) is 0 Å². The molecule has 1 aromatic rings. The fourth-order valence-corrected chi connectivity index (χ4v) is 1.55. The van der Waals surface area contributed by atoms with Crippen molar-refractivity contribution >= 4 is 8.30 Å². The molecule has 0 atom stereocenters. The molecule has 0 saturated heterocycles. The van der Waals surface area contributed by atoms with Crippen molar-refractivity contribution in [1.82, 2.24) is 0 Å². The zero-order chi connectivity index (χ0) is 17.1. The van der Waals surface area contributed by atoms with Gasteiger partial charge in [-0.25, -0.2) is 0 Å². The van der Waals surface area contributed by atoms with Gasteiger partial charge in [-0.1, -0.05) is 0 Å². The van der Waals surface area contributed by atoms with E-state index in [0.717, 1.165) is 11.3 Å². The normalized spacial score (nSPS) is 12.4. The topological polar surface area (TPSA) is 13.1 Å². The SMILES string of the molecule is CC(C)(C)[C-]=[W].CC(C)(C)[C](=[W])c1[c-]oc(C(C)(C)C)c1. The van der Waals surface area contributed by atoms with Crippen molar-refractivity contribution in [2.24, 2.45) is 10.8 Å². The minimum absolute atomic E-state index is 0.0717. The van der Waals surface area contributed by atoms with E-state index in [2.05, 4.69) is 79.0 Å². The predicted molar refractivity (Wildman–Crippen MR) is 84.3 cm³/mol. The zero-order valence-corrected chi connectivity index (χ0v) is 20.7. The Labute approximate surface area is 153 Å². The average molecular weight is 628 g/mol. The summed E-state index contributed by atoms with van der Waals surface area (Å²) < 4.78 is 10.1. The van der Waals surface area contributed by atoms with Gasteiger partial charge < -0.3 is 0 Å². The Morgan fingerprint density at radius 2 is 1.48 bits per heavy atom. The molecular formula is C18H28OW2-2. The van der Waals surface area contributed by atoms with Gasteiger partial charge in [-0.3, -0.25) is 0 Å². The van der Waals surface area contributed by atoms with Crippen LogP contribution in [0.4, 0.5) is 0 Å². The molecule has 21 heavy (non-hydrogen) atoms. The van der Waals surface area contributed by atoms with Crippen molar-refractivity contribution in [3.05, 3.63) is 23.7 Å². The van der Waals surface area contributed by atoms with Crippen molar-refractivity contribution in [3.63, 3.8) is 0 Å². The second-order valence-electron chi connectivity index (χ2n) is 8.31. The summed E-state index contributed by atoms with van der Waals surface area (Å²) in [4.78, 5) is 0. The first-order valence-electron chi connectivity index (χ1n) is 7.14. The summed E-state index contributed by atoms with van der Waals surface area (Å²) in [6.45, 7) is 19.6. The Bertz CT molecular complexity index is 477. The first-order chi connectivity index (χ1) is 9.18. The number of furan rings is 1. The molecule has 0 amide bonds. The minimum atomic E-state index is 0.0717. The van der Waals surface area contributed by atoms with E-state index in [0.29, 0.717) is 5.41 Å². The van der Waals surface area contributed by atoms with Crippen LogP contribution in [-0.4, -0.2) is 8.30 Å². The van der Waals surface area contributed by atoms with Crippen LogP contribution in [0.3, 0.4) is 0 Å². The molecule has 0 aliphatic carbocycles. The van der Waals surface area contributed by atoms with Crippen LogP contribution in [-0.2, 0) is 44.1 Å². The van der Waals surface area contributed by atoms with Crippen molar-refractivity contribution in [2.75, 3.05) is 0 Å². The van der Waals surface area contributed by atoms with Gasteiger partial charge in [0.25, 0.3) is 0 Å². The number of hydrogen-bond donors (Lipinski definition) is 0. The van der Waals surface area contributed by atoms with Crippen LogP contribution < -0.4 is 0 Å². The maximum atomic E-state index is 5.51. The van der Waals surface area contributed by atoms with Crippen LogP contribution in [0.25, 0.3) is 0 Å².